The maximum Gasteiger partial charge on any atom is 0.109 e. The van der Waals surface area contributed by atoms with Gasteiger partial charge in [-0.05, 0) is 90.0 Å². The summed E-state index contributed by atoms with van der Waals surface area (Å²) >= 11 is 0. The number of aliphatic hydroxyl groups excluding tert-OH is 2. The summed E-state index contributed by atoms with van der Waals surface area (Å²) in [5.41, 5.74) is 7.77. The summed E-state index contributed by atoms with van der Waals surface area (Å²) in [7, 11) is 0. The molecular weight excluding hydrogens is 512 g/mol. The van der Waals surface area contributed by atoms with Crippen LogP contribution >= 0.6 is 0 Å². The van der Waals surface area contributed by atoms with E-state index in [1.165, 1.54) is 0 Å². The maximum atomic E-state index is 11.0. The Hall–Kier alpha value is -5.74. The van der Waals surface area contributed by atoms with E-state index in [1.54, 1.807) is 24.3 Å². The normalized spacial score (nSPS) is 14.9. The first-order chi connectivity index (χ1) is 20.6. The third-order valence-corrected chi connectivity index (χ3v) is 6.75. The van der Waals surface area contributed by atoms with Crippen molar-refractivity contribution < 1.29 is 10.2 Å². The number of hydrogen-bond donors (Lipinski definition) is 2. The highest BCUT2D eigenvalue weighted by molar-refractivity contribution is 5.53. The van der Waals surface area contributed by atoms with Gasteiger partial charge < -0.3 is 10.2 Å². The van der Waals surface area contributed by atoms with Crippen LogP contribution in [0.15, 0.2) is 121 Å². The van der Waals surface area contributed by atoms with Crippen LogP contribution in [0.3, 0.4) is 0 Å². The summed E-state index contributed by atoms with van der Waals surface area (Å²) in [5.74, 6) is 25.7. The van der Waals surface area contributed by atoms with Crippen molar-refractivity contribution >= 4 is 0 Å². The van der Waals surface area contributed by atoms with Gasteiger partial charge >= 0.3 is 0 Å². The second kappa shape index (κ2) is 12.2. The molecule has 0 spiro atoms. The Balaban J connectivity index is 1.44. The number of hydrogen-bond acceptors (Lipinski definition) is 2. The molecule has 2 atom stereocenters. The van der Waals surface area contributed by atoms with Crippen molar-refractivity contribution in [1.82, 2.24) is 0 Å². The van der Waals surface area contributed by atoms with Gasteiger partial charge in [0.25, 0.3) is 0 Å². The average Bonchev–Trinajstić information content (AvgIpc) is 3.04. The molecule has 0 saturated carbocycles. The van der Waals surface area contributed by atoms with Gasteiger partial charge in [0, 0.05) is 44.5 Å². The Morgan fingerprint density at radius 1 is 0.310 bits per heavy atom. The van der Waals surface area contributed by atoms with E-state index < -0.39 is 12.2 Å². The SMILES string of the molecule is OC1c2cccc(c2)C#Cc2cccc(c2)C#Cc2cccc(c2)C#Cc2cccc(c2)C#Cc2cccc(c2)C1O. The molecule has 0 aliphatic heterocycles. The van der Waals surface area contributed by atoms with Crippen molar-refractivity contribution in [1.29, 1.82) is 0 Å². The average molecular weight is 537 g/mol. The standard InChI is InChI=1S/C40H24O2/c41-39-37-14-4-12-35(27-37)22-20-33-10-2-8-31(25-33)18-16-29-6-1-7-30(24-29)17-19-32-9-3-11-34(26-32)21-23-36-13-5-15-38(28-36)40(39)42/h1-15,24-28,39-42H. The first-order valence-corrected chi connectivity index (χ1v) is 13.5. The Morgan fingerprint density at radius 3 is 0.786 bits per heavy atom. The van der Waals surface area contributed by atoms with Crippen molar-refractivity contribution in [3.05, 3.63) is 177 Å². The molecular formula is C40H24O2. The number of fused-ring (bicyclic) bond motifs is 10. The van der Waals surface area contributed by atoms with Gasteiger partial charge in [-0.25, -0.2) is 0 Å². The highest BCUT2D eigenvalue weighted by Crippen LogP contribution is 2.29. The monoisotopic (exact) mass is 536 g/mol. The fraction of sp³-hybridized carbons (Fsp3) is 0.0500. The first-order valence-electron chi connectivity index (χ1n) is 13.5. The third kappa shape index (κ3) is 6.52. The van der Waals surface area contributed by atoms with Crippen molar-refractivity contribution in [3.8, 4) is 47.4 Å². The van der Waals surface area contributed by atoms with Crippen LogP contribution in [0.4, 0.5) is 0 Å². The van der Waals surface area contributed by atoms with Crippen LogP contribution in [0.1, 0.15) is 67.8 Å². The summed E-state index contributed by atoms with van der Waals surface area (Å²) in [5, 5.41) is 22.1. The molecule has 0 heterocycles. The molecule has 42 heavy (non-hydrogen) atoms. The van der Waals surface area contributed by atoms with E-state index in [2.05, 4.69) is 47.4 Å². The van der Waals surface area contributed by atoms with Crippen LogP contribution in [0.2, 0.25) is 0 Å². The van der Waals surface area contributed by atoms with Gasteiger partial charge in [-0.15, -0.1) is 0 Å². The van der Waals surface area contributed by atoms with E-state index >= 15 is 0 Å². The Bertz CT molecular complexity index is 1910. The largest absolute Gasteiger partial charge is 0.385 e. The van der Waals surface area contributed by atoms with Gasteiger partial charge in [-0.3, -0.25) is 0 Å². The number of benzene rings is 5. The van der Waals surface area contributed by atoms with Crippen LogP contribution in [-0.2, 0) is 0 Å². The van der Waals surface area contributed by atoms with Gasteiger partial charge in [0.05, 0.1) is 0 Å². The Labute approximate surface area is 246 Å². The molecule has 2 N–H and O–H groups in total. The lowest BCUT2D eigenvalue weighted by Crippen LogP contribution is -2.10. The molecule has 5 aromatic carbocycles. The second-order valence-corrected chi connectivity index (χ2v) is 9.88. The number of aliphatic hydroxyl groups is 2. The molecule has 0 fully saturated rings. The van der Waals surface area contributed by atoms with E-state index in [9.17, 15) is 10.2 Å². The summed E-state index contributed by atoms with van der Waals surface area (Å²) in [6, 6.07) is 38.1. The van der Waals surface area contributed by atoms with Crippen LogP contribution in [0.5, 0.6) is 0 Å². The van der Waals surface area contributed by atoms with Gasteiger partial charge in [0.2, 0.25) is 0 Å². The van der Waals surface area contributed by atoms with Crippen molar-refractivity contribution in [2.45, 2.75) is 12.2 Å². The Kier molecular flexibility index (Phi) is 7.69. The Morgan fingerprint density at radius 2 is 0.524 bits per heavy atom. The van der Waals surface area contributed by atoms with E-state index in [4.69, 9.17) is 0 Å². The van der Waals surface area contributed by atoms with Crippen LogP contribution in [0.25, 0.3) is 0 Å². The lowest BCUT2D eigenvalue weighted by molar-refractivity contribution is 0.0172. The summed E-state index contributed by atoms with van der Waals surface area (Å²) in [6.07, 6.45) is -2.26. The minimum atomic E-state index is -1.13. The fourth-order valence-electron chi connectivity index (χ4n) is 4.57. The minimum absolute atomic E-state index is 0.580. The predicted molar refractivity (Wildman–Crippen MR) is 166 cm³/mol. The quantitative estimate of drug-likeness (QED) is 0.226. The van der Waals surface area contributed by atoms with E-state index in [1.807, 2.05) is 97.1 Å². The molecule has 5 aromatic rings. The number of rotatable bonds is 0. The van der Waals surface area contributed by atoms with E-state index in [0.717, 1.165) is 44.5 Å². The first kappa shape index (κ1) is 26.5. The van der Waals surface area contributed by atoms with Gasteiger partial charge in [-0.1, -0.05) is 89.8 Å². The highest BCUT2D eigenvalue weighted by atomic mass is 16.3. The van der Waals surface area contributed by atoms with Gasteiger partial charge in [-0.2, -0.15) is 0 Å². The molecule has 2 nitrogen and oxygen atoms in total. The zero-order valence-electron chi connectivity index (χ0n) is 22.6. The molecule has 196 valence electrons. The molecule has 6 rings (SSSR count). The lowest BCUT2D eigenvalue weighted by atomic mass is 9.96. The van der Waals surface area contributed by atoms with Crippen LogP contribution in [-0.4, -0.2) is 10.2 Å². The molecule has 0 amide bonds. The molecule has 1 aliphatic carbocycles. The topological polar surface area (TPSA) is 40.5 Å². The van der Waals surface area contributed by atoms with Gasteiger partial charge in [0.1, 0.15) is 12.2 Å². The van der Waals surface area contributed by atoms with Crippen molar-refractivity contribution in [3.63, 3.8) is 0 Å². The molecule has 0 radical (unpaired) electrons. The molecule has 0 saturated heterocycles. The van der Waals surface area contributed by atoms with Gasteiger partial charge in [0.15, 0.2) is 0 Å². The van der Waals surface area contributed by atoms with Crippen molar-refractivity contribution in [2.75, 3.05) is 0 Å². The zero-order chi connectivity index (χ0) is 28.7. The van der Waals surface area contributed by atoms with E-state index in [-0.39, 0.29) is 0 Å². The summed E-state index contributed by atoms with van der Waals surface area (Å²) < 4.78 is 0. The molecule has 1 aliphatic rings. The minimum Gasteiger partial charge on any atom is -0.385 e. The van der Waals surface area contributed by atoms with Crippen LogP contribution < -0.4 is 0 Å². The molecule has 10 bridgehead atoms. The smallest absolute Gasteiger partial charge is 0.109 e. The fourth-order valence-corrected chi connectivity index (χ4v) is 4.57. The summed E-state index contributed by atoms with van der Waals surface area (Å²) in [4.78, 5) is 0. The lowest BCUT2D eigenvalue weighted by Gasteiger charge is -2.19. The molecule has 0 aromatic heterocycles. The zero-order valence-corrected chi connectivity index (χ0v) is 22.6. The van der Waals surface area contributed by atoms with Crippen molar-refractivity contribution in [2.24, 2.45) is 0 Å². The predicted octanol–water partition coefficient (Wildman–Crippen LogP) is 6.37. The maximum absolute atomic E-state index is 11.0. The summed E-state index contributed by atoms with van der Waals surface area (Å²) in [6.45, 7) is 0. The van der Waals surface area contributed by atoms with E-state index in [0.29, 0.717) is 11.1 Å². The highest BCUT2D eigenvalue weighted by Gasteiger charge is 2.20. The van der Waals surface area contributed by atoms with Crippen LogP contribution in [0, 0.1) is 47.4 Å². The second-order valence-electron chi connectivity index (χ2n) is 9.88. The third-order valence-electron chi connectivity index (χ3n) is 6.75. The molecule has 2 unspecified atom stereocenters. The molecule has 2 heteroatoms.